The molecule has 2 rings (SSSR count). The lowest BCUT2D eigenvalue weighted by Crippen LogP contribution is -2.30. The number of amides is 1. The number of hydrogen-bond donors (Lipinski definition) is 2. The number of sulfonamides is 1. The van der Waals surface area contributed by atoms with Gasteiger partial charge in [-0.1, -0.05) is 53.0 Å². The molecule has 0 radical (unpaired) electrons. The van der Waals surface area contributed by atoms with Crippen molar-refractivity contribution in [3.8, 4) is 0 Å². The van der Waals surface area contributed by atoms with Gasteiger partial charge < -0.3 is 5.32 Å². The minimum atomic E-state index is -3.53. The lowest BCUT2D eigenvalue weighted by molar-refractivity contribution is -0.116. The molecular weight excluding hydrogens is 407 g/mol. The maximum absolute atomic E-state index is 12.3. The van der Waals surface area contributed by atoms with Gasteiger partial charge in [-0.3, -0.25) is 4.79 Å². The maximum atomic E-state index is 12.3. The van der Waals surface area contributed by atoms with Gasteiger partial charge in [0.15, 0.2) is 0 Å². The van der Waals surface area contributed by atoms with Gasteiger partial charge in [-0.25, -0.2) is 13.1 Å². The standard InChI is InChI=1S/C16H15Cl3N2O3S/c1-25(23,24)21-14(10-5-7-11(17)8-6-10)9-15(22)20-13-4-2-3-12(18)16(13)19/h2-8,14,21H,9H2,1H3,(H,20,22). The molecule has 0 saturated heterocycles. The Morgan fingerprint density at radius 2 is 1.72 bits per heavy atom. The van der Waals surface area contributed by atoms with Gasteiger partial charge in [0.05, 0.1) is 28.0 Å². The summed E-state index contributed by atoms with van der Waals surface area (Å²) in [5.41, 5.74) is 0.968. The quantitative estimate of drug-likeness (QED) is 0.731. The molecule has 0 spiro atoms. The van der Waals surface area contributed by atoms with Crippen LogP contribution in [0.5, 0.6) is 0 Å². The van der Waals surface area contributed by atoms with Crippen LogP contribution in [0.3, 0.4) is 0 Å². The molecule has 2 N–H and O–H groups in total. The summed E-state index contributed by atoms with van der Waals surface area (Å²) in [6, 6.07) is 10.7. The monoisotopic (exact) mass is 420 g/mol. The fraction of sp³-hybridized carbons (Fsp3) is 0.188. The molecular formula is C16H15Cl3N2O3S. The molecule has 0 aliphatic carbocycles. The fourth-order valence-electron chi connectivity index (χ4n) is 2.17. The molecule has 1 unspecified atom stereocenters. The molecule has 0 fully saturated rings. The Balaban J connectivity index is 2.19. The third-order valence-corrected chi connectivity index (χ3v) is 5.03. The summed E-state index contributed by atoms with van der Waals surface area (Å²) in [5, 5.41) is 3.67. The van der Waals surface area contributed by atoms with E-state index in [1.165, 1.54) is 0 Å². The van der Waals surface area contributed by atoms with Crippen molar-refractivity contribution in [3.63, 3.8) is 0 Å². The smallest absolute Gasteiger partial charge is 0.226 e. The van der Waals surface area contributed by atoms with Crippen LogP contribution in [0.2, 0.25) is 15.1 Å². The molecule has 0 saturated carbocycles. The van der Waals surface area contributed by atoms with E-state index < -0.39 is 22.0 Å². The number of carbonyl (C=O) groups excluding carboxylic acids is 1. The molecule has 0 bridgehead atoms. The summed E-state index contributed by atoms with van der Waals surface area (Å²) >= 11 is 17.8. The van der Waals surface area contributed by atoms with Crippen molar-refractivity contribution < 1.29 is 13.2 Å². The first-order valence-corrected chi connectivity index (χ1v) is 10.1. The second-order valence-electron chi connectivity index (χ2n) is 5.35. The molecule has 5 nitrogen and oxygen atoms in total. The number of halogens is 3. The fourth-order valence-corrected chi connectivity index (χ4v) is 3.38. The van der Waals surface area contributed by atoms with Crippen LogP contribution < -0.4 is 10.0 Å². The summed E-state index contributed by atoms with van der Waals surface area (Å²) in [6.45, 7) is 0. The second-order valence-corrected chi connectivity index (χ2v) is 8.35. The van der Waals surface area contributed by atoms with Crippen molar-refractivity contribution in [1.29, 1.82) is 0 Å². The summed E-state index contributed by atoms with van der Waals surface area (Å²) in [7, 11) is -3.53. The Labute approximate surface area is 161 Å². The van der Waals surface area contributed by atoms with Gasteiger partial charge in [0.25, 0.3) is 0 Å². The predicted molar refractivity (Wildman–Crippen MR) is 102 cm³/mol. The number of nitrogens with one attached hydrogen (secondary N) is 2. The Morgan fingerprint density at radius 3 is 2.32 bits per heavy atom. The predicted octanol–water partition coefficient (Wildman–Crippen LogP) is 4.27. The number of benzene rings is 2. The van der Waals surface area contributed by atoms with Crippen molar-refractivity contribution in [2.45, 2.75) is 12.5 Å². The third kappa shape index (κ3) is 6.17. The average Bonchev–Trinajstić information content (AvgIpc) is 2.50. The summed E-state index contributed by atoms with van der Waals surface area (Å²) in [4.78, 5) is 12.3. The number of rotatable bonds is 6. The van der Waals surface area contributed by atoms with Crippen LogP contribution >= 0.6 is 34.8 Å². The van der Waals surface area contributed by atoms with Crippen LogP contribution in [-0.4, -0.2) is 20.6 Å². The van der Waals surface area contributed by atoms with Crippen LogP contribution in [0.25, 0.3) is 0 Å². The lowest BCUT2D eigenvalue weighted by atomic mass is 10.0. The van der Waals surface area contributed by atoms with Crippen LogP contribution in [0.4, 0.5) is 5.69 Å². The first-order valence-electron chi connectivity index (χ1n) is 7.12. The highest BCUT2D eigenvalue weighted by molar-refractivity contribution is 7.88. The highest BCUT2D eigenvalue weighted by atomic mass is 35.5. The normalized spacial score (nSPS) is 12.6. The van der Waals surface area contributed by atoms with Crippen molar-refractivity contribution in [3.05, 3.63) is 63.1 Å². The van der Waals surface area contributed by atoms with Gasteiger partial charge in [0.1, 0.15) is 0 Å². The van der Waals surface area contributed by atoms with Gasteiger partial charge >= 0.3 is 0 Å². The zero-order chi connectivity index (χ0) is 18.6. The van der Waals surface area contributed by atoms with E-state index in [2.05, 4.69) is 10.0 Å². The second kappa shape index (κ2) is 8.38. The minimum Gasteiger partial charge on any atom is -0.325 e. The Morgan fingerprint density at radius 1 is 1.08 bits per heavy atom. The van der Waals surface area contributed by atoms with Gasteiger partial charge in [0, 0.05) is 11.4 Å². The molecule has 25 heavy (non-hydrogen) atoms. The molecule has 1 atom stereocenters. The molecule has 2 aromatic rings. The Kier molecular flexibility index (Phi) is 6.71. The minimum absolute atomic E-state index is 0.127. The zero-order valence-electron chi connectivity index (χ0n) is 13.1. The molecule has 0 aromatic heterocycles. The van der Waals surface area contributed by atoms with E-state index in [-0.39, 0.29) is 11.4 Å². The number of hydrogen-bond acceptors (Lipinski definition) is 3. The van der Waals surface area contributed by atoms with Crippen molar-refractivity contribution in [2.24, 2.45) is 0 Å². The molecule has 134 valence electrons. The van der Waals surface area contributed by atoms with E-state index in [0.29, 0.717) is 21.3 Å². The number of anilines is 1. The number of carbonyl (C=O) groups is 1. The summed E-state index contributed by atoms with van der Waals surface area (Å²) in [6.07, 6.45) is 0.902. The highest BCUT2D eigenvalue weighted by Crippen LogP contribution is 2.30. The van der Waals surface area contributed by atoms with E-state index in [1.807, 2.05) is 0 Å². The van der Waals surface area contributed by atoms with Gasteiger partial charge in [-0.15, -0.1) is 0 Å². The largest absolute Gasteiger partial charge is 0.325 e. The van der Waals surface area contributed by atoms with Crippen molar-refractivity contribution in [2.75, 3.05) is 11.6 Å². The van der Waals surface area contributed by atoms with Gasteiger partial charge in [0.2, 0.25) is 15.9 Å². The summed E-state index contributed by atoms with van der Waals surface area (Å²) in [5.74, 6) is -0.416. The van der Waals surface area contributed by atoms with Crippen LogP contribution in [0, 0.1) is 0 Å². The van der Waals surface area contributed by atoms with E-state index in [9.17, 15) is 13.2 Å². The van der Waals surface area contributed by atoms with Crippen LogP contribution in [-0.2, 0) is 14.8 Å². The zero-order valence-corrected chi connectivity index (χ0v) is 16.2. The van der Waals surface area contributed by atoms with E-state index >= 15 is 0 Å². The van der Waals surface area contributed by atoms with E-state index in [4.69, 9.17) is 34.8 Å². The summed E-state index contributed by atoms with van der Waals surface area (Å²) < 4.78 is 25.7. The molecule has 0 aliphatic heterocycles. The van der Waals surface area contributed by atoms with Crippen LogP contribution in [0.1, 0.15) is 18.0 Å². The Hall–Kier alpha value is -1.31. The SMILES string of the molecule is CS(=O)(=O)NC(CC(=O)Nc1cccc(Cl)c1Cl)c1ccc(Cl)cc1. The maximum Gasteiger partial charge on any atom is 0.226 e. The molecule has 1 amide bonds. The first kappa shape index (κ1) is 20.0. The molecule has 2 aromatic carbocycles. The topological polar surface area (TPSA) is 75.3 Å². The molecule has 0 heterocycles. The van der Waals surface area contributed by atoms with Gasteiger partial charge in [-0.05, 0) is 29.8 Å². The molecule has 9 heteroatoms. The first-order chi connectivity index (χ1) is 11.7. The van der Waals surface area contributed by atoms with Gasteiger partial charge in [-0.2, -0.15) is 0 Å². The van der Waals surface area contributed by atoms with Crippen LogP contribution in [0.15, 0.2) is 42.5 Å². The third-order valence-electron chi connectivity index (χ3n) is 3.24. The van der Waals surface area contributed by atoms with Crippen molar-refractivity contribution >= 4 is 56.4 Å². The molecule has 0 aliphatic rings. The van der Waals surface area contributed by atoms with E-state index in [1.54, 1.807) is 42.5 Å². The van der Waals surface area contributed by atoms with E-state index in [0.717, 1.165) is 6.26 Å². The highest BCUT2D eigenvalue weighted by Gasteiger charge is 2.20. The average molecular weight is 422 g/mol. The van der Waals surface area contributed by atoms with Crippen molar-refractivity contribution in [1.82, 2.24) is 4.72 Å². The lowest BCUT2D eigenvalue weighted by Gasteiger charge is -2.18. The Bertz CT molecular complexity index is 871.